The van der Waals surface area contributed by atoms with Gasteiger partial charge in [-0.15, -0.1) is 11.3 Å². The van der Waals surface area contributed by atoms with Crippen LogP contribution in [-0.2, 0) is 0 Å². The van der Waals surface area contributed by atoms with Crippen molar-refractivity contribution in [2.24, 2.45) is 0 Å². The Balaban J connectivity index is 1.75. The normalized spacial score (nSPS) is 19.3. The van der Waals surface area contributed by atoms with E-state index in [1.54, 1.807) is 11.3 Å². The van der Waals surface area contributed by atoms with Crippen LogP contribution in [-0.4, -0.2) is 24.1 Å². The highest BCUT2D eigenvalue weighted by molar-refractivity contribution is 7.09. The molecule has 1 atom stereocenters. The molecule has 1 aliphatic rings. The molecule has 1 aliphatic heterocycles. The molecule has 1 saturated heterocycles. The third kappa shape index (κ3) is 3.14. The number of thiazole rings is 1. The Kier molecular flexibility index (Phi) is 3.80. The molecule has 3 rings (SSSR count). The predicted molar refractivity (Wildman–Crippen MR) is 81.8 cm³/mol. The number of aryl methyl sites for hydroxylation is 1. The van der Waals surface area contributed by atoms with Gasteiger partial charge < -0.3 is 10.6 Å². The van der Waals surface area contributed by atoms with Gasteiger partial charge in [-0.05, 0) is 38.4 Å². The van der Waals surface area contributed by atoms with Crippen LogP contribution < -0.4 is 10.6 Å². The van der Waals surface area contributed by atoms with Gasteiger partial charge >= 0.3 is 0 Å². The summed E-state index contributed by atoms with van der Waals surface area (Å²) in [6.07, 6.45) is 2.50. The van der Waals surface area contributed by atoms with E-state index in [2.05, 4.69) is 45.3 Å². The third-order valence-electron chi connectivity index (χ3n) is 3.45. The summed E-state index contributed by atoms with van der Waals surface area (Å²) in [5.74, 6) is 0. The lowest BCUT2D eigenvalue weighted by Crippen LogP contribution is -2.38. The maximum absolute atomic E-state index is 4.55. The first-order chi connectivity index (χ1) is 9.31. The minimum Gasteiger partial charge on any atom is -0.381 e. The number of hydrogen-bond donors (Lipinski definition) is 2. The fraction of sp³-hybridized carbons (Fsp3) is 0.400. The van der Waals surface area contributed by atoms with Crippen LogP contribution in [0.1, 0.15) is 17.8 Å². The molecule has 19 heavy (non-hydrogen) atoms. The van der Waals surface area contributed by atoms with Crippen LogP contribution >= 0.6 is 11.3 Å². The highest BCUT2D eigenvalue weighted by Crippen LogP contribution is 2.24. The average Bonchev–Trinajstić information content (AvgIpc) is 2.87. The summed E-state index contributed by atoms with van der Waals surface area (Å²) >= 11 is 1.70. The number of rotatable bonds is 3. The number of aromatic nitrogens is 1. The number of piperidine rings is 1. The molecule has 1 aromatic heterocycles. The number of nitrogens with zero attached hydrogens (tertiary/aromatic N) is 1. The SMILES string of the molecule is Cc1nc(-c2cccc(NC3CCCNC3)c2)cs1. The van der Waals surface area contributed by atoms with Crippen molar-refractivity contribution in [3.63, 3.8) is 0 Å². The minimum absolute atomic E-state index is 0.543. The Labute approximate surface area is 118 Å². The Morgan fingerprint density at radius 2 is 2.37 bits per heavy atom. The first-order valence-corrected chi connectivity index (χ1v) is 7.69. The highest BCUT2D eigenvalue weighted by atomic mass is 32.1. The molecule has 0 spiro atoms. The Bertz CT molecular complexity index is 544. The second-order valence-electron chi connectivity index (χ2n) is 5.02. The van der Waals surface area contributed by atoms with Crippen LogP contribution in [0.2, 0.25) is 0 Å². The Morgan fingerprint density at radius 3 is 3.11 bits per heavy atom. The van der Waals surface area contributed by atoms with Crippen LogP contribution in [0, 0.1) is 6.92 Å². The van der Waals surface area contributed by atoms with Gasteiger partial charge in [-0.1, -0.05) is 12.1 Å². The van der Waals surface area contributed by atoms with E-state index >= 15 is 0 Å². The van der Waals surface area contributed by atoms with Gasteiger partial charge in [0.15, 0.2) is 0 Å². The summed E-state index contributed by atoms with van der Waals surface area (Å²) in [6, 6.07) is 9.10. The monoisotopic (exact) mass is 273 g/mol. The van der Waals surface area contributed by atoms with Gasteiger partial charge in [-0.25, -0.2) is 4.98 Å². The maximum Gasteiger partial charge on any atom is 0.0901 e. The number of hydrogen-bond acceptors (Lipinski definition) is 4. The smallest absolute Gasteiger partial charge is 0.0901 e. The van der Waals surface area contributed by atoms with Gasteiger partial charge in [0.1, 0.15) is 0 Å². The molecule has 2 N–H and O–H groups in total. The van der Waals surface area contributed by atoms with Crippen molar-refractivity contribution in [3.8, 4) is 11.3 Å². The molecule has 0 bridgehead atoms. The van der Waals surface area contributed by atoms with E-state index in [1.165, 1.54) is 24.1 Å². The van der Waals surface area contributed by atoms with E-state index in [1.807, 2.05) is 6.92 Å². The topological polar surface area (TPSA) is 37.0 Å². The maximum atomic E-state index is 4.55. The van der Waals surface area contributed by atoms with Gasteiger partial charge in [-0.2, -0.15) is 0 Å². The summed E-state index contributed by atoms with van der Waals surface area (Å²) in [6.45, 7) is 4.25. The zero-order valence-electron chi connectivity index (χ0n) is 11.1. The Hall–Kier alpha value is -1.39. The predicted octanol–water partition coefficient (Wildman–Crippen LogP) is 3.28. The second kappa shape index (κ2) is 5.72. The highest BCUT2D eigenvalue weighted by Gasteiger charge is 2.12. The van der Waals surface area contributed by atoms with Crippen LogP contribution in [0.5, 0.6) is 0 Å². The molecule has 0 saturated carbocycles. The van der Waals surface area contributed by atoms with Crippen molar-refractivity contribution in [1.82, 2.24) is 10.3 Å². The molecular formula is C15H19N3S. The lowest BCUT2D eigenvalue weighted by atomic mass is 10.1. The zero-order valence-corrected chi connectivity index (χ0v) is 12.0. The standard InChI is InChI=1S/C15H19N3S/c1-11-17-15(10-19-11)12-4-2-5-13(8-12)18-14-6-3-7-16-9-14/h2,4-5,8,10,14,16,18H,3,6-7,9H2,1H3. The van der Waals surface area contributed by atoms with Crippen molar-refractivity contribution in [2.75, 3.05) is 18.4 Å². The van der Waals surface area contributed by atoms with Gasteiger partial charge in [0.2, 0.25) is 0 Å². The molecule has 0 amide bonds. The van der Waals surface area contributed by atoms with E-state index in [9.17, 15) is 0 Å². The molecule has 0 aliphatic carbocycles. The summed E-state index contributed by atoms with van der Waals surface area (Å²) < 4.78 is 0. The molecule has 100 valence electrons. The van der Waals surface area contributed by atoms with Gasteiger partial charge in [-0.3, -0.25) is 0 Å². The van der Waals surface area contributed by atoms with E-state index in [-0.39, 0.29) is 0 Å². The van der Waals surface area contributed by atoms with Crippen molar-refractivity contribution >= 4 is 17.0 Å². The van der Waals surface area contributed by atoms with E-state index < -0.39 is 0 Å². The number of benzene rings is 1. The van der Waals surface area contributed by atoms with E-state index in [4.69, 9.17) is 0 Å². The van der Waals surface area contributed by atoms with Gasteiger partial charge in [0.25, 0.3) is 0 Å². The van der Waals surface area contributed by atoms with Gasteiger partial charge in [0.05, 0.1) is 10.7 Å². The number of anilines is 1. The molecular weight excluding hydrogens is 254 g/mol. The largest absolute Gasteiger partial charge is 0.381 e. The van der Waals surface area contributed by atoms with Crippen molar-refractivity contribution < 1.29 is 0 Å². The van der Waals surface area contributed by atoms with Crippen LogP contribution in [0.4, 0.5) is 5.69 Å². The van der Waals surface area contributed by atoms with Gasteiger partial charge in [0, 0.05) is 29.2 Å². The molecule has 2 aromatic rings. The molecule has 2 heterocycles. The first-order valence-electron chi connectivity index (χ1n) is 6.81. The molecule has 0 radical (unpaired) electrons. The third-order valence-corrected chi connectivity index (χ3v) is 4.22. The van der Waals surface area contributed by atoms with Crippen molar-refractivity contribution in [1.29, 1.82) is 0 Å². The molecule has 4 heteroatoms. The molecule has 1 unspecified atom stereocenters. The van der Waals surface area contributed by atoms with E-state index in [0.717, 1.165) is 23.8 Å². The lowest BCUT2D eigenvalue weighted by Gasteiger charge is -2.25. The fourth-order valence-electron chi connectivity index (χ4n) is 2.48. The van der Waals surface area contributed by atoms with Crippen LogP contribution in [0.15, 0.2) is 29.6 Å². The Morgan fingerprint density at radius 1 is 1.42 bits per heavy atom. The fourth-order valence-corrected chi connectivity index (χ4v) is 3.10. The molecule has 1 aromatic carbocycles. The minimum atomic E-state index is 0.543. The molecule has 3 nitrogen and oxygen atoms in total. The summed E-state index contributed by atoms with van der Waals surface area (Å²) in [4.78, 5) is 4.55. The lowest BCUT2D eigenvalue weighted by molar-refractivity contribution is 0.480. The zero-order chi connectivity index (χ0) is 13.1. The van der Waals surface area contributed by atoms with Crippen molar-refractivity contribution in [2.45, 2.75) is 25.8 Å². The quantitative estimate of drug-likeness (QED) is 0.901. The van der Waals surface area contributed by atoms with E-state index in [0.29, 0.717) is 6.04 Å². The van der Waals surface area contributed by atoms with Crippen molar-refractivity contribution in [3.05, 3.63) is 34.7 Å². The summed E-state index contributed by atoms with van der Waals surface area (Å²) in [7, 11) is 0. The average molecular weight is 273 g/mol. The first kappa shape index (κ1) is 12.6. The molecule has 1 fully saturated rings. The van der Waals surface area contributed by atoms with Crippen LogP contribution in [0.25, 0.3) is 11.3 Å². The van der Waals surface area contributed by atoms with Crippen LogP contribution in [0.3, 0.4) is 0 Å². The summed E-state index contributed by atoms with van der Waals surface area (Å²) in [5.41, 5.74) is 3.46. The number of nitrogens with one attached hydrogen (secondary N) is 2. The summed E-state index contributed by atoms with van der Waals surface area (Å²) in [5, 5.41) is 10.3. The second-order valence-corrected chi connectivity index (χ2v) is 6.08.